The molecule has 0 N–H and O–H groups in total. The van der Waals surface area contributed by atoms with E-state index in [0.717, 1.165) is 0 Å². The monoisotopic (exact) mass is 362 g/mol. The molecule has 0 atom stereocenters. The van der Waals surface area contributed by atoms with Crippen LogP contribution in [0.5, 0.6) is 0 Å². The van der Waals surface area contributed by atoms with E-state index in [1.165, 1.54) is 44.0 Å². The van der Waals surface area contributed by atoms with Gasteiger partial charge in [-0.1, -0.05) is 62.9 Å². The van der Waals surface area contributed by atoms with E-state index in [1.54, 1.807) is 0 Å². The Labute approximate surface area is 159 Å². The lowest BCUT2D eigenvalue weighted by Crippen LogP contribution is -2.38. The summed E-state index contributed by atoms with van der Waals surface area (Å²) in [5.41, 5.74) is 6.73. The summed E-state index contributed by atoms with van der Waals surface area (Å²) in [5.74, 6) is 0.536. The third-order valence-electron chi connectivity index (χ3n) is 5.58. The Hall–Kier alpha value is -1.93. The van der Waals surface area contributed by atoms with Gasteiger partial charge in [-0.25, -0.2) is 0 Å². The van der Waals surface area contributed by atoms with Crippen molar-refractivity contribution in [3.8, 4) is 11.3 Å². The smallest absolute Gasteiger partial charge is 0.198 e. The van der Waals surface area contributed by atoms with E-state index in [2.05, 4.69) is 101 Å². The second-order valence-corrected chi connectivity index (χ2v) is 14.1. The number of hydrogen-bond acceptors (Lipinski definition) is 0. The number of pyridine rings is 1. The Kier molecular flexibility index (Phi) is 4.83. The molecule has 0 spiro atoms. The van der Waals surface area contributed by atoms with Crippen LogP contribution in [0.4, 0.5) is 0 Å². The molecule has 2 aromatic carbocycles. The van der Waals surface area contributed by atoms with E-state index >= 15 is 0 Å². The Bertz CT molecular complexity index is 978. The molecular weight excluding hydrogens is 330 g/mol. The number of nitrogens with zero attached hydrogens (tertiary/aromatic N) is 1. The minimum absolute atomic E-state index is 0.536. The Morgan fingerprint density at radius 1 is 0.885 bits per heavy atom. The predicted molar refractivity (Wildman–Crippen MR) is 117 cm³/mol. The van der Waals surface area contributed by atoms with Gasteiger partial charge in [0.25, 0.3) is 0 Å². The van der Waals surface area contributed by atoms with Gasteiger partial charge in [0.1, 0.15) is 7.05 Å². The molecule has 0 bridgehead atoms. The molecule has 3 aromatic rings. The molecule has 1 aromatic heterocycles. The number of aromatic nitrogens is 1. The van der Waals surface area contributed by atoms with Crippen molar-refractivity contribution in [3.05, 3.63) is 59.3 Å². The summed E-state index contributed by atoms with van der Waals surface area (Å²) in [5, 5.41) is 4.24. The molecule has 0 aliphatic rings. The van der Waals surface area contributed by atoms with Gasteiger partial charge in [0.05, 0.1) is 13.5 Å². The third-order valence-corrected chi connectivity index (χ3v) is 7.63. The zero-order valence-corrected chi connectivity index (χ0v) is 18.6. The fourth-order valence-electron chi connectivity index (χ4n) is 3.62. The average molecular weight is 363 g/mol. The second kappa shape index (κ2) is 6.66. The van der Waals surface area contributed by atoms with Crippen LogP contribution in [0.2, 0.25) is 19.6 Å². The fraction of sp³-hybridized carbons (Fsp3) is 0.375. The van der Waals surface area contributed by atoms with Gasteiger partial charge in [0, 0.05) is 18.6 Å². The van der Waals surface area contributed by atoms with Gasteiger partial charge < -0.3 is 0 Å². The van der Waals surface area contributed by atoms with E-state index in [9.17, 15) is 0 Å². The Balaban J connectivity index is 2.36. The first-order valence-corrected chi connectivity index (χ1v) is 13.1. The molecule has 2 heteroatoms. The molecule has 0 unspecified atom stereocenters. The quantitative estimate of drug-likeness (QED) is 0.421. The van der Waals surface area contributed by atoms with Gasteiger partial charge >= 0.3 is 0 Å². The highest BCUT2D eigenvalue weighted by atomic mass is 28.3. The first-order valence-electron chi connectivity index (χ1n) is 9.64. The lowest BCUT2D eigenvalue weighted by atomic mass is 9.93. The van der Waals surface area contributed by atoms with E-state index in [0.29, 0.717) is 5.92 Å². The summed E-state index contributed by atoms with van der Waals surface area (Å²) >= 11 is 0. The van der Waals surface area contributed by atoms with Gasteiger partial charge in [-0.15, -0.1) is 0 Å². The normalized spacial score (nSPS) is 12.2. The molecule has 0 radical (unpaired) electrons. The molecule has 136 valence electrons. The topological polar surface area (TPSA) is 3.88 Å². The van der Waals surface area contributed by atoms with E-state index < -0.39 is 8.07 Å². The highest BCUT2D eigenvalue weighted by Gasteiger charge is 2.23. The summed E-state index contributed by atoms with van der Waals surface area (Å²) in [6, 6.07) is 16.4. The van der Waals surface area contributed by atoms with Crippen molar-refractivity contribution in [1.82, 2.24) is 0 Å². The van der Waals surface area contributed by atoms with Crippen molar-refractivity contribution in [2.24, 2.45) is 7.05 Å². The van der Waals surface area contributed by atoms with Crippen LogP contribution >= 0.6 is 0 Å². The molecule has 0 fully saturated rings. The lowest BCUT2D eigenvalue weighted by Gasteiger charge is -2.18. The third kappa shape index (κ3) is 3.35. The minimum atomic E-state index is -1.32. The van der Waals surface area contributed by atoms with Crippen molar-refractivity contribution in [2.75, 3.05) is 0 Å². The highest BCUT2D eigenvalue weighted by molar-refractivity contribution is 6.88. The molecule has 0 saturated heterocycles. The SMILES string of the molecule is Cc1ccc(C(C)C)cc1-c1c2ccc([Si](C)(C)C)cc2cc(C)[n+]1C. The largest absolute Gasteiger partial charge is 0.220 e. The van der Waals surface area contributed by atoms with Crippen LogP contribution < -0.4 is 9.75 Å². The molecule has 0 amide bonds. The number of hydrogen-bond donors (Lipinski definition) is 0. The van der Waals surface area contributed by atoms with Gasteiger partial charge in [0.15, 0.2) is 5.69 Å². The molecular formula is C24H32NSi+. The molecule has 1 heterocycles. The first-order chi connectivity index (χ1) is 12.1. The Morgan fingerprint density at radius 2 is 1.58 bits per heavy atom. The van der Waals surface area contributed by atoms with Crippen LogP contribution in [0.25, 0.3) is 22.0 Å². The van der Waals surface area contributed by atoms with Gasteiger partial charge in [-0.05, 0) is 41.5 Å². The van der Waals surface area contributed by atoms with Gasteiger partial charge in [-0.2, -0.15) is 4.57 Å². The van der Waals surface area contributed by atoms with Crippen molar-refractivity contribution in [2.45, 2.75) is 53.3 Å². The average Bonchev–Trinajstić information content (AvgIpc) is 2.55. The maximum Gasteiger partial charge on any atom is 0.220 e. The summed E-state index contributed by atoms with van der Waals surface area (Å²) < 4.78 is 2.35. The van der Waals surface area contributed by atoms with E-state index in [4.69, 9.17) is 0 Å². The zero-order valence-electron chi connectivity index (χ0n) is 17.6. The van der Waals surface area contributed by atoms with Crippen LogP contribution in [-0.4, -0.2) is 8.07 Å². The lowest BCUT2D eigenvalue weighted by molar-refractivity contribution is -0.665. The van der Waals surface area contributed by atoms with Crippen molar-refractivity contribution in [1.29, 1.82) is 0 Å². The maximum absolute atomic E-state index is 2.43. The highest BCUT2D eigenvalue weighted by Crippen LogP contribution is 2.31. The number of aryl methyl sites for hydroxylation is 2. The number of benzene rings is 2. The van der Waals surface area contributed by atoms with Crippen LogP contribution in [0.15, 0.2) is 42.5 Å². The number of rotatable bonds is 3. The predicted octanol–water partition coefficient (Wildman–Crippen LogP) is 5.62. The van der Waals surface area contributed by atoms with Crippen molar-refractivity contribution < 1.29 is 4.57 Å². The van der Waals surface area contributed by atoms with Gasteiger partial charge in [-0.3, -0.25) is 0 Å². The maximum atomic E-state index is 2.43. The molecule has 0 saturated carbocycles. The van der Waals surface area contributed by atoms with Crippen LogP contribution in [0.3, 0.4) is 0 Å². The summed E-state index contributed by atoms with van der Waals surface area (Å²) in [6.07, 6.45) is 0. The summed E-state index contributed by atoms with van der Waals surface area (Å²) in [6.45, 7) is 16.2. The first kappa shape index (κ1) is 18.8. The fourth-order valence-corrected chi connectivity index (χ4v) is 4.79. The summed E-state index contributed by atoms with van der Waals surface area (Å²) in [7, 11) is 0.873. The standard InChI is InChI=1S/C24H32NSi/c1-16(2)19-10-9-17(3)23(15-19)24-22-12-11-21(26(6,7)8)14-20(22)13-18(4)25(24)5/h9-16H,1-8H3/q+1. The molecule has 26 heavy (non-hydrogen) atoms. The minimum Gasteiger partial charge on any atom is -0.198 e. The molecule has 0 aliphatic heterocycles. The number of fused-ring (bicyclic) bond motifs is 1. The second-order valence-electron chi connectivity index (χ2n) is 8.97. The van der Waals surface area contributed by atoms with E-state index in [-0.39, 0.29) is 0 Å². The van der Waals surface area contributed by atoms with Crippen LogP contribution in [0.1, 0.15) is 36.6 Å². The van der Waals surface area contributed by atoms with E-state index in [1.807, 2.05) is 0 Å². The van der Waals surface area contributed by atoms with Crippen molar-refractivity contribution >= 4 is 24.0 Å². The molecule has 1 nitrogen and oxygen atoms in total. The molecule has 0 aliphatic carbocycles. The Morgan fingerprint density at radius 3 is 2.19 bits per heavy atom. The van der Waals surface area contributed by atoms with Crippen molar-refractivity contribution in [3.63, 3.8) is 0 Å². The molecule has 3 rings (SSSR count). The van der Waals surface area contributed by atoms with Crippen LogP contribution in [0, 0.1) is 13.8 Å². The van der Waals surface area contributed by atoms with Crippen LogP contribution in [-0.2, 0) is 7.05 Å². The zero-order chi connectivity index (χ0) is 19.2. The summed E-state index contributed by atoms with van der Waals surface area (Å²) in [4.78, 5) is 0. The van der Waals surface area contributed by atoms with Gasteiger partial charge in [0.2, 0.25) is 5.69 Å².